The molecule has 2 aliphatic heterocycles. The molecule has 3 atom stereocenters. The number of amides is 2. The van der Waals surface area contributed by atoms with Gasteiger partial charge >= 0.3 is 6.09 Å². The summed E-state index contributed by atoms with van der Waals surface area (Å²) in [6, 6.07) is 2.43. The zero-order valence-electron chi connectivity index (χ0n) is 15.7. The summed E-state index contributed by atoms with van der Waals surface area (Å²) in [7, 11) is 0. The van der Waals surface area contributed by atoms with Crippen LogP contribution in [0, 0.1) is 17.6 Å². The number of cyclic esters (lactones) is 1. The van der Waals surface area contributed by atoms with Crippen LogP contribution in [0.1, 0.15) is 32.6 Å². The molecule has 1 aromatic rings. The van der Waals surface area contributed by atoms with Crippen molar-refractivity contribution in [1.82, 2.24) is 4.90 Å². The predicted octanol–water partition coefficient (Wildman–Crippen LogP) is 2.90. The molecule has 6 nitrogen and oxygen atoms in total. The van der Waals surface area contributed by atoms with E-state index in [0.29, 0.717) is 26.1 Å². The van der Waals surface area contributed by atoms with E-state index < -0.39 is 17.7 Å². The fraction of sp³-hybridized carbons (Fsp3) is 0.600. The average molecular weight is 391 g/mol. The number of hydrogen-bond acceptors (Lipinski definition) is 4. The van der Waals surface area contributed by atoms with Crippen molar-refractivity contribution in [1.29, 1.82) is 0 Å². The molecule has 8 heteroatoms. The van der Waals surface area contributed by atoms with Crippen LogP contribution in [0.3, 0.4) is 0 Å². The monoisotopic (exact) mass is 391 g/mol. The molecule has 2 amide bonds. The Hall–Kier alpha value is -2.38. The van der Waals surface area contributed by atoms with Gasteiger partial charge in [-0.05, 0) is 25.7 Å². The second kappa shape index (κ2) is 6.32. The first-order chi connectivity index (χ1) is 13.5. The standard InChI is InChI=1S/C20H23F2N3O3/c1-2-13-10-25(20(27)28-13)12-7-14(21)18(15(22)8-12)23-5-6-24(17-9-16(17)23)19(26)11-3-4-11/h7-8,11,13,16-17H,2-6,9-10H2,1H3/t13-,16?,17?/m0/s1. The molecule has 0 aromatic heterocycles. The fourth-order valence-electron chi connectivity index (χ4n) is 4.43. The molecule has 0 N–H and O–H groups in total. The van der Waals surface area contributed by atoms with Crippen LogP contribution >= 0.6 is 0 Å². The van der Waals surface area contributed by atoms with Crippen LogP contribution in [0.4, 0.5) is 25.0 Å². The largest absolute Gasteiger partial charge is 0.444 e. The van der Waals surface area contributed by atoms with Crippen LogP contribution < -0.4 is 9.80 Å². The van der Waals surface area contributed by atoms with Gasteiger partial charge in [0.15, 0.2) is 11.6 Å². The number of piperazine rings is 1. The third kappa shape index (κ3) is 2.81. The van der Waals surface area contributed by atoms with Crippen LogP contribution in [0.5, 0.6) is 0 Å². The molecule has 5 rings (SSSR count). The normalized spacial score (nSPS) is 29.0. The molecular weight excluding hydrogens is 368 g/mol. The molecule has 2 unspecified atom stereocenters. The summed E-state index contributed by atoms with van der Waals surface area (Å²) < 4.78 is 35.0. The van der Waals surface area contributed by atoms with E-state index in [0.717, 1.165) is 19.3 Å². The van der Waals surface area contributed by atoms with E-state index in [1.54, 1.807) is 4.90 Å². The van der Waals surface area contributed by atoms with Crippen LogP contribution in [0.15, 0.2) is 12.1 Å². The minimum Gasteiger partial charge on any atom is -0.444 e. The Balaban J connectivity index is 1.36. The van der Waals surface area contributed by atoms with Crippen molar-refractivity contribution in [3.8, 4) is 0 Å². The third-order valence-corrected chi connectivity index (χ3v) is 6.25. The summed E-state index contributed by atoms with van der Waals surface area (Å²) in [6.07, 6.45) is 2.47. The molecule has 2 heterocycles. The van der Waals surface area contributed by atoms with Gasteiger partial charge in [0, 0.05) is 31.1 Å². The van der Waals surface area contributed by atoms with E-state index in [2.05, 4.69) is 0 Å². The summed E-state index contributed by atoms with van der Waals surface area (Å²) in [5.74, 6) is -1.01. The second-order valence-corrected chi connectivity index (χ2v) is 8.15. The lowest BCUT2D eigenvalue weighted by atomic mass is 10.2. The number of anilines is 2. The first-order valence-corrected chi connectivity index (χ1v) is 10.0. The number of carbonyl (C=O) groups excluding carboxylic acids is 2. The molecule has 0 spiro atoms. The van der Waals surface area contributed by atoms with Gasteiger partial charge in [0.05, 0.1) is 24.3 Å². The number of nitrogens with zero attached hydrogens (tertiary/aromatic N) is 3. The van der Waals surface area contributed by atoms with Crippen molar-refractivity contribution in [3.63, 3.8) is 0 Å². The number of rotatable bonds is 4. The minimum absolute atomic E-state index is 0.0347. The molecule has 2 aliphatic carbocycles. The van der Waals surface area contributed by atoms with Crippen molar-refractivity contribution in [2.24, 2.45) is 5.92 Å². The Morgan fingerprint density at radius 2 is 1.89 bits per heavy atom. The predicted molar refractivity (Wildman–Crippen MR) is 98.2 cm³/mol. The molecular formula is C20H23F2N3O3. The number of ether oxygens (including phenoxy) is 1. The van der Waals surface area contributed by atoms with Gasteiger partial charge in [0.25, 0.3) is 0 Å². The lowest BCUT2D eigenvalue weighted by molar-refractivity contribution is -0.133. The number of carbonyl (C=O) groups is 2. The van der Waals surface area contributed by atoms with Crippen molar-refractivity contribution >= 4 is 23.4 Å². The molecule has 2 saturated heterocycles. The molecule has 2 saturated carbocycles. The summed E-state index contributed by atoms with van der Waals surface area (Å²) in [6.45, 7) is 3.09. The first kappa shape index (κ1) is 17.7. The molecule has 4 fully saturated rings. The Morgan fingerprint density at radius 3 is 2.50 bits per heavy atom. The van der Waals surface area contributed by atoms with Crippen LogP contribution in [0.25, 0.3) is 0 Å². The Morgan fingerprint density at radius 1 is 1.18 bits per heavy atom. The van der Waals surface area contributed by atoms with Crippen LogP contribution in [-0.4, -0.2) is 54.7 Å². The average Bonchev–Trinajstić information content (AvgIpc) is 3.57. The van der Waals surface area contributed by atoms with Gasteiger partial charge < -0.3 is 14.5 Å². The highest BCUT2D eigenvalue weighted by Crippen LogP contribution is 2.44. The molecule has 0 bridgehead atoms. The molecule has 150 valence electrons. The van der Waals surface area contributed by atoms with E-state index >= 15 is 0 Å². The Kier molecular flexibility index (Phi) is 4.00. The Bertz CT molecular complexity index is 821. The maximum atomic E-state index is 14.9. The summed E-state index contributed by atoms with van der Waals surface area (Å²) >= 11 is 0. The van der Waals surface area contributed by atoms with Gasteiger partial charge in [-0.15, -0.1) is 0 Å². The fourth-order valence-corrected chi connectivity index (χ4v) is 4.43. The lowest BCUT2D eigenvalue weighted by Crippen LogP contribution is -2.49. The molecule has 28 heavy (non-hydrogen) atoms. The quantitative estimate of drug-likeness (QED) is 0.792. The van der Waals surface area contributed by atoms with Gasteiger partial charge in [-0.2, -0.15) is 0 Å². The van der Waals surface area contributed by atoms with Gasteiger partial charge in [-0.3, -0.25) is 9.69 Å². The van der Waals surface area contributed by atoms with E-state index in [1.165, 1.54) is 17.0 Å². The number of benzene rings is 1. The maximum absolute atomic E-state index is 14.9. The van der Waals surface area contributed by atoms with Crippen LogP contribution in [-0.2, 0) is 9.53 Å². The highest BCUT2D eigenvalue weighted by molar-refractivity contribution is 5.90. The molecule has 0 radical (unpaired) electrons. The topological polar surface area (TPSA) is 53.1 Å². The van der Waals surface area contributed by atoms with E-state index in [1.807, 2.05) is 11.8 Å². The zero-order valence-corrected chi connectivity index (χ0v) is 15.7. The van der Waals surface area contributed by atoms with Gasteiger partial charge in [-0.1, -0.05) is 6.92 Å². The number of halogens is 2. The molecule has 4 aliphatic rings. The van der Waals surface area contributed by atoms with Gasteiger partial charge in [0.2, 0.25) is 5.91 Å². The second-order valence-electron chi connectivity index (χ2n) is 8.15. The first-order valence-electron chi connectivity index (χ1n) is 10.0. The molecule has 1 aromatic carbocycles. The van der Waals surface area contributed by atoms with E-state index in [-0.39, 0.29) is 41.4 Å². The highest BCUT2D eigenvalue weighted by Gasteiger charge is 2.53. The van der Waals surface area contributed by atoms with Gasteiger partial charge in [0.1, 0.15) is 11.8 Å². The van der Waals surface area contributed by atoms with Gasteiger partial charge in [-0.25, -0.2) is 13.6 Å². The van der Waals surface area contributed by atoms with Crippen LogP contribution in [0.2, 0.25) is 0 Å². The maximum Gasteiger partial charge on any atom is 0.414 e. The van der Waals surface area contributed by atoms with E-state index in [4.69, 9.17) is 4.74 Å². The number of hydrogen-bond donors (Lipinski definition) is 0. The minimum atomic E-state index is -0.685. The van der Waals surface area contributed by atoms with Crippen molar-refractivity contribution in [3.05, 3.63) is 23.8 Å². The third-order valence-electron chi connectivity index (χ3n) is 6.25. The van der Waals surface area contributed by atoms with Crippen molar-refractivity contribution in [2.75, 3.05) is 29.4 Å². The number of fused-ring (bicyclic) bond motifs is 1. The zero-order chi connectivity index (χ0) is 19.6. The van der Waals surface area contributed by atoms with Crippen molar-refractivity contribution in [2.45, 2.75) is 50.8 Å². The lowest BCUT2D eigenvalue weighted by Gasteiger charge is -2.36. The Labute approximate surface area is 162 Å². The summed E-state index contributed by atoms with van der Waals surface area (Å²) in [5, 5.41) is 0. The SMILES string of the molecule is CC[C@H]1CN(c2cc(F)c(N3CCN(C(=O)C4CC4)C4CC43)c(F)c2)C(=O)O1. The highest BCUT2D eigenvalue weighted by atomic mass is 19.1. The smallest absolute Gasteiger partial charge is 0.414 e. The van der Waals surface area contributed by atoms with E-state index in [9.17, 15) is 18.4 Å². The van der Waals surface area contributed by atoms with Crippen molar-refractivity contribution < 1.29 is 23.1 Å². The summed E-state index contributed by atoms with van der Waals surface area (Å²) in [4.78, 5) is 29.3. The summed E-state index contributed by atoms with van der Waals surface area (Å²) in [5.41, 5.74) is 0.115.